The largest absolute Gasteiger partial charge is 0.314 e. The molecule has 1 N–H and O–H groups in total. The Kier molecular flexibility index (Phi) is 6.83. The molecule has 2 nitrogen and oxygen atoms in total. The normalized spacial score (nSPS) is 30.3. The maximum absolute atomic E-state index is 3.67. The van der Waals surface area contributed by atoms with Gasteiger partial charge in [0.05, 0.1) is 0 Å². The third kappa shape index (κ3) is 4.73. The molecule has 2 bridgehead atoms. The summed E-state index contributed by atoms with van der Waals surface area (Å²) in [6.07, 6.45) is 12.9. The fraction of sp³-hybridized carbons (Fsp3) is 1.00. The van der Waals surface area contributed by atoms with Crippen LogP contribution in [0, 0.1) is 5.92 Å². The van der Waals surface area contributed by atoms with Gasteiger partial charge in [-0.1, -0.05) is 46.5 Å². The quantitative estimate of drug-likeness (QED) is 0.637. The lowest BCUT2D eigenvalue weighted by Gasteiger charge is -2.39. The summed E-state index contributed by atoms with van der Waals surface area (Å²) in [6, 6.07) is 2.60. The Morgan fingerprint density at radius 1 is 1.00 bits per heavy atom. The lowest BCUT2D eigenvalue weighted by atomic mass is 9.96. The monoisotopic (exact) mass is 280 g/mol. The molecule has 0 saturated carbocycles. The van der Waals surface area contributed by atoms with E-state index >= 15 is 0 Å². The van der Waals surface area contributed by atoms with Crippen LogP contribution in [0.1, 0.15) is 78.6 Å². The van der Waals surface area contributed by atoms with Crippen molar-refractivity contribution in [3.8, 4) is 0 Å². The van der Waals surface area contributed by atoms with Crippen molar-refractivity contribution in [2.45, 2.75) is 96.7 Å². The van der Waals surface area contributed by atoms with Crippen LogP contribution in [0.2, 0.25) is 0 Å². The standard InChI is InChI=1S/C18H36N2/c1-4-19-16-13-17-10-11-18(14-16)20(17)12-8-6-5-7-9-15(2)3/h15-19H,4-14H2,1-3H3. The summed E-state index contributed by atoms with van der Waals surface area (Å²) < 4.78 is 0. The lowest BCUT2D eigenvalue weighted by Crippen LogP contribution is -2.49. The molecule has 2 unspecified atom stereocenters. The highest BCUT2D eigenvalue weighted by Gasteiger charge is 2.39. The first kappa shape index (κ1) is 16.3. The van der Waals surface area contributed by atoms with Crippen LogP contribution in [0.5, 0.6) is 0 Å². The average molecular weight is 280 g/mol. The Balaban J connectivity index is 1.60. The molecular weight excluding hydrogens is 244 g/mol. The van der Waals surface area contributed by atoms with Crippen molar-refractivity contribution in [1.29, 1.82) is 0 Å². The molecule has 2 aliphatic rings. The minimum Gasteiger partial charge on any atom is -0.314 e. The van der Waals surface area contributed by atoms with E-state index in [1.807, 2.05) is 0 Å². The number of nitrogens with zero attached hydrogens (tertiary/aromatic N) is 1. The van der Waals surface area contributed by atoms with Gasteiger partial charge in [0.15, 0.2) is 0 Å². The fourth-order valence-corrected chi connectivity index (χ4v) is 4.30. The predicted octanol–water partition coefficient (Wildman–Crippen LogP) is 4.20. The Morgan fingerprint density at radius 3 is 2.25 bits per heavy atom. The highest BCUT2D eigenvalue weighted by molar-refractivity contribution is 4.97. The van der Waals surface area contributed by atoms with E-state index in [2.05, 4.69) is 31.0 Å². The zero-order valence-corrected chi connectivity index (χ0v) is 14.0. The molecule has 0 aromatic rings. The van der Waals surface area contributed by atoms with Crippen LogP contribution in [0.4, 0.5) is 0 Å². The van der Waals surface area contributed by atoms with Gasteiger partial charge in [0.25, 0.3) is 0 Å². The van der Waals surface area contributed by atoms with Gasteiger partial charge in [-0.25, -0.2) is 0 Å². The van der Waals surface area contributed by atoms with Crippen molar-refractivity contribution in [2.75, 3.05) is 13.1 Å². The van der Waals surface area contributed by atoms with Crippen molar-refractivity contribution in [1.82, 2.24) is 10.2 Å². The maximum atomic E-state index is 3.67. The molecule has 2 rings (SSSR count). The second-order valence-electron chi connectivity index (χ2n) is 7.45. The molecule has 2 fully saturated rings. The smallest absolute Gasteiger partial charge is 0.0114 e. The fourth-order valence-electron chi connectivity index (χ4n) is 4.30. The van der Waals surface area contributed by atoms with Gasteiger partial charge in [0, 0.05) is 18.1 Å². The summed E-state index contributed by atoms with van der Waals surface area (Å²) in [6.45, 7) is 9.43. The maximum Gasteiger partial charge on any atom is 0.0114 e. The predicted molar refractivity (Wildman–Crippen MR) is 88.1 cm³/mol. The number of rotatable bonds is 9. The molecule has 0 aliphatic carbocycles. The molecule has 2 saturated heterocycles. The zero-order chi connectivity index (χ0) is 14.4. The van der Waals surface area contributed by atoms with Crippen LogP contribution in [0.25, 0.3) is 0 Å². The van der Waals surface area contributed by atoms with E-state index in [4.69, 9.17) is 0 Å². The van der Waals surface area contributed by atoms with Crippen molar-refractivity contribution >= 4 is 0 Å². The van der Waals surface area contributed by atoms with Gasteiger partial charge >= 0.3 is 0 Å². The molecule has 2 aliphatic heterocycles. The molecule has 0 aromatic heterocycles. The van der Waals surface area contributed by atoms with Crippen LogP contribution in [-0.2, 0) is 0 Å². The van der Waals surface area contributed by atoms with Crippen LogP contribution < -0.4 is 5.32 Å². The first-order valence-electron chi connectivity index (χ1n) is 9.19. The Hall–Kier alpha value is -0.0800. The van der Waals surface area contributed by atoms with Gasteiger partial charge < -0.3 is 5.32 Å². The molecule has 2 atom stereocenters. The summed E-state index contributed by atoms with van der Waals surface area (Å²) in [5.74, 6) is 0.885. The van der Waals surface area contributed by atoms with E-state index in [1.54, 1.807) is 0 Å². The Bertz CT molecular complexity index is 250. The van der Waals surface area contributed by atoms with E-state index in [9.17, 15) is 0 Å². The molecule has 20 heavy (non-hydrogen) atoms. The lowest BCUT2D eigenvalue weighted by molar-refractivity contribution is 0.115. The summed E-state index contributed by atoms with van der Waals surface area (Å²) >= 11 is 0. The third-order valence-corrected chi connectivity index (χ3v) is 5.32. The van der Waals surface area contributed by atoms with E-state index < -0.39 is 0 Å². The SMILES string of the molecule is CCNC1CC2CCC(C1)N2CCCCCCC(C)C. The topological polar surface area (TPSA) is 15.3 Å². The van der Waals surface area contributed by atoms with Crippen LogP contribution in [0.3, 0.4) is 0 Å². The van der Waals surface area contributed by atoms with E-state index in [-0.39, 0.29) is 0 Å². The Morgan fingerprint density at radius 2 is 1.65 bits per heavy atom. The molecule has 2 heteroatoms. The van der Waals surface area contributed by atoms with Gasteiger partial charge in [-0.05, 0) is 51.1 Å². The van der Waals surface area contributed by atoms with Gasteiger partial charge in [-0.3, -0.25) is 4.90 Å². The summed E-state index contributed by atoms with van der Waals surface area (Å²) in [5, 5.41) is 3.67. The molecule has 0 aromatic carbocycles. The second-order valence-corrected chi connectivity index (χ2v) is 7.45. The molecular formula is C18H36N2. The zero-order valence-electron chi connectivity index (χ0n) is 14.0. The van der Waals surface area contributed by atoms with Crippen LogP contribution in [-0.4, -0.2) is 36.1 Å². The van der Waals surface area contributed by atoms with Gasteiger partial charge in [-0.2, -0.15) is 0 Å². The molecule has 2 heterocycles. The van der Waals surface area contributed by atoms with Gasteiger partial charge in [0.2, 0.25) is 0 Å². The van der Waals surface area contributed by atoms with Gasteiger partial charge in [0.1, 0.15) is 0 Å². The van der Waals surface area contributed by atoms with Crippen molar-refractivity contribution in [3.05, 3.63) is 0 Å². The Labute approximate surface area is 126 Å². The molecule has 118 valence electrons. The minimum atomic E-state index is 0.805. The minimum absolute atomic E-state index is 0.805. The van der Waals surface area contributed by atoms with E-state index in [0.29, 0.717) is 0 Å². The highest BCUT2D eigenvalue weighted by Crippen LogP contribution is 2.35. The molecule has 0 amide bonds. The number of hydrogen-bond donors (Lipinski definition) is 1. The summed E-state index contributed by atoms with van der Waals surface area (Å²) in [4.78, 5) is 2.86. The second kappa shape index (κ2) is 8.38. The first-order valence-corrected chi connectivity index (χ1v) is 9.19. The number of nitrogens with one attached hydrogen (secondary N) is 1. The van der Waals surface area contributed by atoms with Crippen molar-refractivity contribution < 1.29 is 0 Å². The highest BCUT2D eigenvalue weighted by atomic mass is 15.2. The number of piperidine rings is 1. The van der Waals surface area contributed by atoms with Crippen molar-refractivity contribution in [3.63, 3.8) is 0 Å². The van der Waals surface area contributed by atoms with Gasteiger partial charge in [-0.15, -0.1) is 0 Å². The number of fused-ring (bicyclic) bond motifs is 2. The molecule has 0 spiro atoms. The van der Waals surface area contributed by atoms with E-state index in [0.717, 1.165) is 30.6 Å². The molecule has 0 radical (unpaired) electrons. The average Bonchev–Trinajstić information content (AvgIpc) is 2.65. The number of unbranched alkanes of at least 4 members (excludes halogenated alkanes) is 3. The van der Waals surface area contributed by atoms with Crippen LogP contribution in [0.15, 0.2) is 0 Å². The summed E-state index contributed by atoms with van der Waals surface area (Å²) in [5.41, 5.74) is 0. The van der Waals surface area contributed by atoms with E-state index in [1.165, 1.54) is 64.3 Å². The van der Waals surface area contributed by atoms with Crippen molar-refractivity contribution in [2.24, 2.45) is 5.92 Å². The summed E-state index contributed by atoms with van der Waals surface area (Å²) in [7, 11) is 0. The third-order valence-electron chi connectivity index (χ3n) is 5.32. The van der Waals surface area contributed by atoms with Crippen LogP contribution >= 0.6 is 0 Å². The first-order chi connectivity index (χ1) is 9.70. The number of hydrogen-bond acceptors (Lipinski definition) is 2.